The van der Waals surface area contributed by atoms with Gasteiger partial charge < -0.3 is 14.8 Å². The molecule has 3 aliphatic rings. The van der Waals surface area contributed by atoms with Crippen molar-refractivity contribution in [3.63, 3.8) is 0 Å². The zero-order valence-electron chi connectivity index (χ0n) is 17.4. The van der Waals surface area contributed by atoms with Crippen LogP contribution in [0.2, 0.25) is 0 Å². The van der Waals surface area contributed by atoms with E-state index in [2.05, 4.69) is 39.4 Å². The molecule has 1 aromatic rings. The number of piperazine rings is 1. The SMILES string of the molecule is COCc1ccccc1OC(CN1CCCCC1)C1CN2CCCCC2CN1. The fraction of sp³-hybridized carbons (Fsp3) is 0.739. The Labute approximate surface area is 170 Å². The van der Waals surface area contributed by atoms with Crippen LogP contribution in [0, 0.1) is 0 Å². The van der Waals surface area contributed by atoms with Crippen molar-refractivity contribution in [2.45, 2.75) is 63.3 Å². The standard InChI is InChI=1S/C23H37N3O2/c1-27-18-19-9-3-4-11-22(19)28-23(17-25-12-6-2-7-13-25)21-16-26-14-8-5-10-20(26)15-24-21/h3-4,9,11,20-21,23-24H,2,5-8,10,12-18H2,1H3. The minimum atomic E-state index is 0.166. The molecule has 1 aromatic carbocycles. The van der Waals surface area contributed by atoms with Gasteiger partial charge in [-0.25, -0.2) is 0 Å². The summed E-state index contributed by atoms with van der Waals surface area (Å²) in [6.07, 6.45) is 8.24. The smallest absolute Gasteiger partial charge is 0.128 e. The molecule has 28 heavy (non-hydrogen) atoms. The number of methoxy groups -OCH3 is 1. The van der Waals surface area contributed by atoms with Crippen molar-refractivity contribution in [2.24, 2.45) is 0 Å². The van der Waals surface area contributed by atoms with Gasteiger partial charge in [0.05, 0.1) is 12.6 Å². The maximum atomic E-state index is 6.71. The van der Waals surface area contributed by atoms with Crippen LogP contribution in [0.3, 0.4) is 0 Å². The van der Waals surface area contributed by atoms with Crippen LogP contribution in [0.5, 0.6) is 5.75 Å². The number of rotatable bonds is 7. The van der Waals surface area contributed by atoms with Crippen LogP contribution in [-0.4, -0.2) is 74.4 Å². The summed E-state index contributed by atoms with van der Waals surface area (Å²) in [5.74, 6) is 0.980. The molecular formula is C23H37N3O2. The van der Waals surface area contributed by atoms with Crippen molar-refractivity contribution < 1.29 is 9.47 Å². The quantitative estimate of drug-likeness (QED) is 0.779. The molecule has 3 saturated heterocycles. The molecule has 3 heterocycles. The van der Waals surface area contributed by atoms with Crippen molar-refractivity contribution in [1.82, 2.24) is 15.1 Å². The zero-order chi connectivity index (χ0) is 19.2. The van der Waals surface area contributed by atoms with E-state index in [1.807, 2.05) is 0 Å². The first-order valence-electron chi connectivity index (χ1n) is 11.3. The Bertz CT molecular complexity index is 605. The minimum absolute atomic E-state index is 0.166. The third-order valence-electron chi connectivity index (χ3n) is 6.68. The summed E-state index contributed by atoms with van der Waals surface area (Å²) in [4.78, 5) is 5.31. The van der Waals surface area contributed by atoms with E-state index >= 15 is 0 Å². The molecule has 3 aliphatic heterocycles. The number of hydrogen-bond acceptors (Lipinski definition) is 5. The lowest BCUT2D eigenvalue weighted by molar-refractivity contribution is 0.0282. The summed E-state index contributed by atoms with van der Waals surface area (Å²) < 4.78 is 12.1. The Hall–Kier alpha value is -1.14. The topological polar surface area (TPSA) is 37.0 Å². The molecule has 0 radical (unpaired) electrons. The number of fused-ring (bicyclic) bond motifs is 1. The maximum absolute atomic E-state index is 6.71. The molecule has 5 heteroatoms. The molecule has 156 valence electrons. The van der Waals surface area contributed by atoms with Gasteiger partial charge in [0, 0.05) is 38.3 Å². The second kappa shape index (κ2) is 10.1. The fourth-order valence-electron chi connectivity index (χ4n) is 5.08. The second-order valence-corrected chi connectivity index (χ2v) is 8.72. The summed E-state index contributed by atoms with van der Waals surface area (Å²) in [6.45, 7) is 7.48. The molecule has 5 nitrogen and oxygen atoms in total. The van der Waals surface area contributed by atoms with Gasteiger partial charge in [-0.2, -0.15) is 0 Å². The van der Waals surface area contributed by atoms with E-state index in [1.165, 1.54) is 58.2 Å². The summed E-state index contributed by atoms with van der Waals surface area (Å²) in [6, 6.07) is 9.46. The monoisotopic (exact) mass is 387 g/mol. The van der Waals surface area contributed by atoms with Crippen LogP contribution in [-0.2, 0) is 11.3 Å². The number of nitrogens with one attached hydrogen (secondary N) is 1. The van der Waals surface area contributed by atoms with Crippen molar-refractivity contribution in [3.05, 3.63) is 29.8 Å². The van der Waals surface area contributed by atoms with Crippen LogP contribution in [0.1, 0.15) is 44.1 Å². The number of piperidine rings is 2. The average Bonchev–Trinajstić information content (AvgIpc) is 2.75. The predicted octanol–water partition coefficient (Wildman–Crippen LogP) is 2.89. The summed E-state index contributed by atoms with van der Waals surface area (Å²) in [5.41, 5.74) is 1.14. The van der Waals surface area contributed by atoms with Gasteiger partial charge in [0.25, 0.3) is 0 Å². The van der Waals surface area contributed by atoms with Crippen LogP contribution in [0.15, 0.2) is 24.3 Å². The normalized spacial score (nSPS) is 27.9. The summed E-state index contributed by atoms with van der Waals surface area (Å²) in [7, 11) is 1.75. The van der Waals surface area contributed by atoms with E-state index in [9.17, 15) is 0 Å². The Morgan fingerprint density at radius 1 is 1.07 bits per heavy atom. The molecule has 0 saturated carbocycles. The highest BCUT2D eigenvalue weighted by Gasteiger charge is 2.35. The Morgan fingerprint density at radius 2 is 1.89 bits per heavy atom. The first-order valence-corrected chi connectivity index (χ1v) is 11.3. The lowest BCUT2D eigenvalue weighted by atomic mass is 9.96. The number of nitrogens with zero attached hydrogens (tertiary/aromatic N) is 2. The van der Waals surface area contributed by atoms with Crippen molar-refractivity contribution in [1.29, 1.82) is 0 Å². The molecule has 0 aliphatic carbocycles. The molecule has 3 fully saturated rings. The van der Waals surface area contributed by atoms with Gasteiger partial charge in [-0.1, -0.05) is 31.0 Å². The number of para-hydroxylation sites is 1. The molecule has 0 amide bonds. The Balaban J connectivity index is 1.48. The van der Waals surface area contributed by atoms with E-state index in [0.29, 0.717) is 12.6 Å². The largest absolute Gasteiger partial charge is 0.487 e. The van der Waals surface area contributed by atoms with Crippen molar-refractivity contribution >= 4 is 0 Å². The van der Waals surface area contributed by atoms with Gasteiger partial charge in [0.2, 0.25) is 0 Å². The van der Waals surface area contributed by atoms with Crippen LogP contribution in [0.4, 0.5) is 0 Å². The molecule has 0 bridgehead atoms. The third kappa shape index (κ3) is 5.07. The van der Waals surface area contributed by atoms with E-state index < -0.39 is 0 Å². The number of hydrogen-bond donors (Lipinski definition) is 1. The van der Waals surface area contributed by atoms with Crippen molar-refractivity contribution in [3.8, 4) is 5.75 Å². The van der Waals surface area contributed by atoms with Gasteiger partial charge in [-0.15, -0.1) is 0 Å². The van der Waals surface area contributed by atoms with Crippen LogP contribution < -0.4 is 10.1 Å². The Kier molecular flexibility index (Phi) is 7.24. The first kappa shape index (κ1) is 20.1. The maximum Gasteiger partial charge on any atom is 0.128 e. The molecule has 0 spiro atoms. The fourth-order valence-corrected chi connectivity index (χ4v) is 5.08. The molecule has 3 atom stereocenters. The zero-order valence-corrected chi connectivity index (χ0v) is 17.4. The highest BCUT2D eigenvalue weighted by Crippen LogP contribution is 2.25. The van der Waals surface area contributed by atoms with Gasteiger partial charge >= 0.3 is 0 Å². The average molecular weight is 388 g/mol. The summed E-state index contributed by atoms with van der Waals surface area (Å²) in [5, 5.41) is 3.86. The third-order valence-corrected chi connectivity index (χ3v) is 6.68. The molecule has 4 rings (SSSR count). The number of benzene rings is 1. The van der Waals surface area contributed by atoms with Gasteiger partial charge in [-0.05, 0) is 51.4 Å². The Morgan fingerprint density at radius 3 is 2.75 bits per heavy atom. The molecular weight excluding hydrogens is 350 g/mol. The second-order valence-electron chi connectivity index (χ2n) is 8.72. The van der Waals surface area contributed by atoms with Gasteiger partial charge in [0.1, 0.15) is 11.9 Å². The molecule has 0 aromatic heterocycles. The molecule has 1 N–H and O–H groups in total. The van der Waals surface area contributed by atoms with Crippen LogP contribution >= 0.6 is 0 Å². The number of likely N-dealkylation sites (tertiary alicyclic amines) is 1. The van der Waals surface area contributed by atoms with Gasteiger partial charge in [0.15, 0.2) is 0 Å². The van der Waals surface area contributed by atoms with E-state index in [1.54, 1.807) is 7.11 Å². The van der Waals surface area contributed by atoms with E-state index in [0.717, 1.165) is 37.0 Å². The first-order chi connectivity index (χ1) is 13.8. The number of ether oxygens (including phenoxy) is 2. The van der Waals surface area contributed by atoms with Gasteiger partial charge in [-0.3, -0.25) is 9.80 Å². The lowest BCUT2D eigenvalue weighted by Gasteiger charge is -2.46. The summed E-state index contributed by atoms with van der Waals surface area (Å²) >= 11 is 0. The lowest BCUT2D eigenvalue weighted by Crippen LogP contribution is -2.63. The predicted molar refractivity (Wildman–Crippen MR) is 113 cm³/mol. The minimum Gasteiger partial charge on any atom is -0.487 e. The van der Waals surface area contributed by atoms with Crippen LogP contribution in [0.25, 0.3) is 0 Å². The van der Waals surface area contributed by atoms with E-state index in [-0.39, 0.29) is 6.10 Å². The highest BCUT2D eigenvalue weighted by atomic mass is 16.5. The van der Waals surface area contributed by atoms with E-state index in [4.69, 9.17) is 9.47 Å². The highest BCUT2D eigenvalue weighted by molar-refractivity contribution is 5.33. The van der Waals surface area contributed by atoms with Crippen molar-refractivity contribution in [2.75, 3.05) is 46.4 Å². The molecule has 3 unspecified atom stereocenters.